The number of fused-ring (bicyclic) bond motifs is 3. The molecule has 0 fully saturated rings. The fraction of sp³-hybridized carbons (Fsp3) is 0.286. The van der Waals surface area contributed by atoms with Gasteiger partial charge in [-0.25, -0.2) is 0 Å². The van der Waals surface area contributed by atoms with Crippen LogP contribution in [0.4, 0.5) is 5.69 Å². The Morgan fingerprint density at radius 1 is 1.22 bits per heavy atom. The number of hydrogen-bond donors (Lipinski definition) is 0. The van der Waals surface area contributed by atoms with E-state index >= 15 is 0 Å². The van der Waals surface area contributed by atoms with Crippen LogP contribution in [0.1, 0.15) is 23.1 Å². The SMILES string of the molecule is Cc1c([N+](=O)[O-])ccc2c1-c1occc1CCC2. The highest BCUT2D eigenvalue weighted by Crippen LogP contribution is 2.38. The van der Waals surface area contributed by atoms with E-state index < -0.39 is 0 Å². The van der Waals surface area contributed by atoms with Crippen LogP contribution in [-0.2, 0) is 12.8 Å². The second kappa shape index (κ2) is 3.98. The molecule has 0 radical (unpaired) electrons. The van der Waals surface area contributed by atoms with Gasteiger partial charge in [0.15, 0.2) is 0 Å². The molecule has 0 saturated heterocycles. The van der Waals surface area contributed by atoms with Crippen LogP contribution in [0.3, 0.4) is 0 Å². The highest BCUT2D eigenvalue weighted by molar-refractivity contribution is 5.74. The lowest BCUT2D eigenvalue weighted by atomic mass is 9.96. The van der Waals surface area contributed by atoms with Crippen LogP contribution in [0.15, 0.2) is 28.9 Å². The summed E-state index contributed by atoms with van der Waals surface area (Å²) in [6.07, 6.45) is 4.63. The molecule has 1 aromatic carbocycles. The van der Waals surface area contributed by atoms with Gasteiger partial charge in [-0.2, -0.15) is 0 Å². The minimum Gasteiger partial charge on any atom is -0.464 e. The number of aryl methyl sites for hydroxylation is 2. The van der Waals surface area contributed by atoms with Crippen molar-refractivity contribution in [3.63, 3.8) is 0 Å². The number of benzene rings is 1. The molecular formula is C14H13NO3. The number of hydrogen-bond acceptors (Lipinski definition) is 3. The molecule has 3 rings (SSSR count). The Balaban J connectivity index is 2.31. The van der Waals surface area contributed by atoms with Crippen LogP contribution in [0.5, 0.6) is 0 Å². The molecule has 0 unspecified atom stereocenters. The summed E-state index contributed by atoms with van der Waals surface area (Å²) in [5.41, 5.74) is 4.08. The summed E-state index contributed by atoms with van der Waals surface area (Å²) in [6, 6.07) is 5.42. The zero-order valence-corrected chi connectivity index (χ0v) is 10.1. The lowest BCUT2D eigenvalue weighted by Crippen LogP contribution is -1.97. The van der Waals surface area contributed by atoms with Crippen molar-refractivity contribution in [2.75, 3.05) is 0 Å². The molecule has 0 spiro atoms. The van der Waals surface area contributed by atoms with Crippen molar-refractivity contribution in [3.8, 4) is 11.3 Å². The second-order valence-corrected chi connectivity index (χ2v) is 4.63. The van der Waals surface area contributed by atoms with E-state index in [1.165, 1.54) is 0 Å². The molecule has 2 aromatic rings. The Hall–Kier alpha value is -2.10. The summed E-state index contributed by atoms with van der Waals surface area (Å²) in [5.74, 6) is 0.809. The van der Waals surface area contributed by atoms with Gasteiger partial charge in [0.2, 0.25) is 0 Å². The maximum Gasteiger partial charge on any atom is 0.273 e. The minimum absolute atomic E-state index is 0.165. The van der Waals surface area contributed by atoms with Crippen molar-refractivity contribution in [2.45, 2.75) is 26.2 Å². The molecule has 0 saturated carbocycles. The molecule has 1 aliphatic rings. The van der Waals surface area contributed by atoms with E-state index in [9.17, 15) is 10.1 Å². The quantitative estimate of drug-likeness (QED) is 0.567. The van der Waals surface area contributed by atoms with Crippen molar-refractivity contribution < 1.29 is 9.34 Å². The van der Waals surface area contributed by atoms with Crippen LogP contribution in [0, 0.1) is 17.0 Å². The van der Waals surface area contributed by atoms with Gasteiger partial charge in [-0.15, -0.1) is 0 Å². The van der Waals surface area contributed by atoms with Gasteiger partial charge in [0.05, 0.1) is 11.2 Å². The third kappa shape index (κ3) is 1.53. The predicted octanol–water partition coefficient (Wildman–Crippen LogP) is 3.65. The Kier molecular flexibility index (Phi) is 2.44. The van der Waals surface area contributed by atoms with Gasteiger partial charge >= 0.3 is 0 Å². The van der Waals surface area contributed by atoms with Gasteiger partial charge in [-0.3, -0.25) is 10.1 Å². The van der Waals surface area contributed by atoms with E-state index in [0.717, 1.165) is 41.7 Å². The highest BCUT2D eigenvalue weighted by atomic mass is 16.6. The van der Waals surface area contributed by atoms with Crippen LogP contribution in [-0.4, -0.2) is 4.92 Å². The fourth-order valence-corrected chi connectivity index (χ4v) is 2.70. The first kappa shape index (κ1) is 11.0. The zero-order valence-electron chi connectivity index (χ0n) is 10.1. The average molecular weight is 243 g/mol. The number of nitro groups is 1. The van der Waals surface area contributed by atoms with Crippen LogP contribution in [0.2, 0.25) is 0 Å². The van der Waals surface area contributed by atoms with Gasteiger partial charge in [-0.1, -0.05) is 6.07 Å². The number of nitrogens with zero attached hydrogens (tertiary/aromatic N) is 1. The molecule has 4 heteroatoms. The molecule has 0 aliphatic heterocycles. The Morgan fingerprint density at radius 3 is 2.78 bits per heavy atom. The smallest absolute Gasteiger partial charge is 0.273 e. The highest BCUT2D eigenvalue weighted by Gasteiger charge is 2.24. The largest absolute Gasteiger partial charge is 0.464 e. The van der Waals surface area contributed by atoms with Gasteiger partial charge < -0.3 is 4.42 Å². The predicted molar refractivity (Wildman–Crippen MR) is 67.6 cm³/mol. The van der Waals surface area contributed by atoms with E-state index in [1.807, 2.05) is 12.1 Å². The van der Waals surface area contributed by atoms with E-state index in [-0.39, 0.29) is 10.6 Å². The van der Waals surface area contributed by atoms with E-state index in [0.29, 0.717) is 5.56 Å². The standard InChI is InChI=1S/C14H13NO3/c1-9-12(15(16)17)6-5-10-3-2-4-11-7-8-18-14(11)13(9)10/h5-8H,2-4H2,1H3. The van der Waals surface area contributed by atoms with Crippen LogP contribution >= 0.6 is 0 Å². The Bertz CT molecular complexity index is 628. The van der Waals surface area contributed by atoms with Crippen molar-refractivity contribution in [1.29, 1.82) is 0 Å². The first-order chi connectivity index (χ1) is 8.68. The average Bonchev–Trinajstić information content (AvgIpc) is 2.70. The molecule has 1 heterocycles. The maximum absolute atomic E-state index is 11.0. The van der Waals surface area contributed by atoms with Crippen molar-refractivity contribution in [1.82, 2.24) is 0 Å². The normalized spacial score (nSPS) is 13.6. The lowest BCUT2D eigenvalue weighted by Gasteiger charge is -2.09. The molecule has 1 aromatic heterocycles. The van der Waals surface area contributed by atoms with E-state index in [4.69, 9.17) is 4.42 Å². The van der Waals surface area contributed by atoms with Crippen molar-refractivity contribution in [2.24, 2.45) is 0 Å². The Morgan fingerprint density at radius 2 is 2.00 bits per heavy atom. The van der Waals surface area contributed by atoms with Crippen LogP contribution < -0.4 is 0 Å². The van der Waals surface area contributed by atoms with E-state index in [1.54, 1.807) is 19.3 Å². The Labute approximate surface area is 104 Å². The number of rotatable bonds is 1. The lowest BCUT2D eigenvalue weighted by molar-refractivity contribution is -0.385. The summed E-state index contributed by atoms with van der Waals surface area (Å²) < 4.78 is 5.56. The third-order valence-corrected chi connectivity index (χ3v) is 3.59. The van der Waals surface area contributed by atoms with E-state index in [2.05, 4.69) is 0 Å². The number of furan rings is 1. The molecular weight excluding hydrogens is 230 g/mol. The molecule has 0 atom stereocenters. The monoisotopic (exact) mass is 243 g/mol. The summed E-state index contributed by atoms with van der Waals surface area (Å²) >= 11 is 0. The molecule has 0 N–H and O–H groups in total. The van der Waals surface area contributed by atoms with Gasteiger partial charge in [-0.05, 0) is 43.4 Å². The second-order valence-electron chi connectivity index (χ2n) is 4.63. The fourth-order valence-electron chi connectivity index (χ4n) is 2.70. The van der Waals surface area contributed by atoms with Gasteiger partial charge in [0.25, 0.3) is 5.69 Å². The zero-order chi connectivity index (χ0) is 12.7. The molecule has 0 amide bonds. The minimum atomic E-state index is -0.330. The third-order valence-electron chi connectivity index (χ3n) is 3.59. The summed E-state index contributed by atoms with van der Waals surface area (Å²) in [5, 5.41) is 11.0. The first-order valence-electron chi connectivity index (χ1n) is 6.02. The van der Waals surface area contributed by atoms with Crippen molar-refractivity contribution in [3.05, 3.63) is 51.3 Å². The first-order valence-corrected chi connectivity index (χ1v) is 6.02. The van der Waals surface area contributed by atoms with Crippen molar-refractivity contribution >= 4 is 5.69 Å². The topological polar surface area (TPSA) is 56.3 Å². The van der Waals surface area contributed by atoms with Gasteiger partial charge in [0, 0.05) is 17.2 Å². The van der Waals surface area contributed by atoms with Crippen LogP contribution in [0.25, 0.3) is 11.3 Å². The summed E-state index contributed by atoms with van der Waals surface area (Å²) in [6.45, 7) is 1.80. The molecule has 92 valence electrons. The maximum atomic E-state index is 11.0. The molecule has 1 aliphatic carbocycles. The molecule has 0 bridgehead atoms. The molecule has 4 nitrogen and oxygen atoms in total. The summed E-state index contributed by atoms with van der Waals surface area (Å²) in [4.78, 5) is 10.7. The van der Waals surface area contributed by atoms with Gasteiger partial charge in [0.1, 0.15) is 5.76 Å². The molecule has 18 heavy (non-hydrogen) atoms. The summed E-state index contributed by atoms with van der Waals surface area (Å²) in [7, 11) is 0. The number of nitro benzene ring substituents is 1.